The van der Waals surface area contributed by atoms with Gasteiger partial charge in [0.25, 0.3) is 0 Å². The molecule has 6 nitrogen and oxygen atoms in total. The normalized spacial score (nSPS) is 21.7. The molecule has 102 valence electrons. The highest BCUT2D eigenvalue weighted by molar-refractivity contribution is 5.96. The van der Waals surface area contributed by atoms with Crippen molar-refractivity contribution in [3.63, 3.8) is 0 Å². The fourth-order valence-corrected chi connectivity index (χ4v) is 2.28. The third kappa shape index (κ3) is 2.26. The minimum atomic E-state index is -1.47. The number of hydrogen-bond donors (Lipinski definition) is 2. The number of aliphatic carboxylic acids is 1. The van der Waals surface area contributed by atoms with Gasteiger partial charge < -0.3 is 20.5 Å². The molecule has 0 bridgehead atoms. The number of carbonyl (C=O) groups excluding carboxylic acids is 1. The Morgan fingerprint density at radius 2 is 2.16 bits per heavy atom. The summed E-state index contributed by atoms with van der Waals surface area (Å²) in [7, 11) is 1.53. The number of amides is 1. The van der Waals surface area contributed by atoms with Crippen LogP contribution in [0.15, 0.2) is 18.2 Å². The van der Waals surface area contributed by atoms with Crippen LogP contribution in [0.4, 0.5) is 5.69 Å². The van der Waals surface area contributed by atoms with Gasteiger partial charge in [-0.05, 0) is 23.8 Å². The zero-order valence-corrected chi connectivity index (χ0v) is 10.8. The molecule has 6 heteroatoms. The first-order chi connectivity index (χ1) is 8.87. The largest absolute Gasteiger partial charge is 0.497 e. The van der Waals surface area contributed by atoms with Gasteiger partial charge in [0.15, 0.2) is 0 Å². The maximum atomic E-state index is 11.7. The fourth-order valence-electron chi connectivity index (χ4n) is 2.28. The summed E-state index contributed by atoms with van der Waals surface area (Å²) < 4.78 is 5.11. The Morgan fingerprint density at radius 1 is 1.47 bits per heavy atom. The molecule has 2 rings (SSSR count). The van der Waals surface area contributed by atoms with E-state index in [0.29, 0.717) is 17.0 Å². The number of ether oxygens (including phenoxy) is 1. The number of carbonyl (C=O) groups is 2. The highest BCUT2D eigenvalue weighted by Crippen LogP contribution is 2.33. The second-order valence-corrected chi connectivity index (χ2v) is 4.74. The molecule has 0 saturated heterocycles. The maximum absolute atomic E-state index is 11.7. The first kappa shape index (κ1) is 13.4. The summed E-state index contributed by atoms with van der Waals surface area (Å²) in [6, 6.07) is 5.20. The Balaban J connectivity index is 2.52. The minimum Gasteiger partial charge on any atom is -0.497 e. The van der Waals surface area contributed by atoms with Gasteiger partial charge in [-0.25, -0.2) is 0 Å². The molecule has 0 radical (unpaired) electrons. The molecule has 1 atom stereocenters. The molecule has 19 heavy (non-hydrogen) atoms. The van der Waals surface area contributed by atoms with Crippen molar-refractivity contribution in [2.24, 2.45) is 5.73 Å². The summed E-state index contributed by atoms with van der Waals surface area (Å²) in [6.07, 6.45) is 0.165. The zero-order valence-electron chi connectivity index (χ0n) is 10.8. The maximum Gasteiger partial charge on any atom is 0.325 e. The van der Waals surface area contributed by atoms with Gasteiger partial charge in [0, 0.05) is 19.0 Å². The van der Waals surface area contributed by atoms with Crippen LogP contribution in [0.1, 0.15) is 12.5 Å². The predicted octanol–water partition coefficient (Wildman–Crippen LogP) is 0.386. The van der Waals surface area contributed by atoms with E-state index in [-0.39, 0.29) is 18.9 Å². The van der Waals surface area contributed by atoms with Crippen LogP contribution in [0.2, 0.25) is 0 Å². The summed E-state index contributed by atoms with van der Waals surface area (Å²) in [6.45, 7) is 1.36. The lowest BCUT2D eigenvalue weighted by atomic mass is 9.86. The van der Waals surface area contributed by atoms with Gasteiger partial charge in [0.1, 0.15) is 11.3 Å². The topological polar surface area (TPSA) is 92.9 Å². The van der Waals surface area contributed by atoms with E-state index in [9.17, 15) is 14.7 Å². The van der Waals surface area contributed by atoms with Gasteiger partial charge in [-0.1, -0.05) is 0 Å². The number of nitrogens with zero attached hydrogens (tertiary/aromatic N) is 1. The fraction of sp³-hybridized carbons (Fsp3) is 0.385. The molecule has 0 fully saturated rings. The van der Waals surface area contributed by atoms with E-state index < -0.39 is 11.5 Å². The predicted molar refractivity (Wildman–Crippen MR) is 69.3 cm³/mol. The molecule has 3 N–H and O–H groups in total. The van der Waals surface area contributed by atoms with Crippen LogP contribution < -0.4 is 15.4 Å². The molecule has 0 aliphatic carbocycles. The van der Waals surface area contributed by atoms with Crippen molar-refractivity contribution in [2.45, 2.75) is 18.9 Å². The number of carboxylic acid groups (broad SMARTS) is 1. The van der Waals surface area contributed by atoms with E-state index in [0.717, 1.165) is 0 Å². The van der Waals surface area contributed by atoms with E-state index in [1.54, 1.807) is 18.2 Å². The number of fused-ring (bicyclic) bond motifs is 1. The SMILES string of the molecule is COc1ccc2c(c1)CC(N)(C(=O)O)CN2C(C)=O. The quantitative estimate of drug-likeness (QED) is 0.805. The molecule has 1 amide bonds. The molecule has 1 aromatic rings. The highest BCUT2D eigenvalue weighted by Gasteiger charge is 2.42. The van der Waals surface area contributed by atoms with Gasteiger partial charge in [0.2, 0.25) is 5.91 Å². The van der Waals surface area contributed by atoms with Crippen LogP contribution in [0.5, 0.6) is 5.75 Å². The van der Waals surface area contributed by atoms with Crippen molar-refractivity contribution < 1.29 is 19.4 Å². The first-order valence-electron chi connectivity index (χ1n) is 5.85. The first-order valence-corrected chi connectivity index (χ1v) is 5.85. The van der Waals surface area contributed by atoms with Crippen molar-refractivity contribution in [3.05, 3.63) is 23.8 Å². The lowest BCUT2D eigenvalue weighted by molar-refractivity contribution is -0.143. The Labute approximate surface area is 110 Å². The third-order valence-corrected chi connectivity index (χ3v) is 3.33. The Kier molecular flexibility index (Phi) is 3.20. The average molecular weight is 264 g/mol. The van der Waals surface area contributed by atoms with Crippen LogP contribution >= 0.6 is 0 Å². The van der Waals surface area contributed by atoms with Crippen LogP contribution in [0.25, 0.3) is 0 Å². The third-order valence-electron chi connectivity index (χ3n) is 3.33. The summed E-state index contributed by atoms with van der Waals surface area (Å²) >= 11 is 0. The number of anilines is 1. The summed E-state index contributed by atoms with van der Waals surface area (Å²) in [5.41, 5.74) is 5.83. The van der Waals surface area contributed by atoms with Crippen LogP contribution in [0, 0.1) is 0 Å². The summed E-state index contributed by atoms with van der Waals surface area (Å²) in [4.78, 5) is 24.4. The number of methoxy groups -OCH3 is 1. The molecule has 0 aromatic heterocycles. The molecule has 0 spiro atoms. The number of nitrogens with two attached hydrogens (primary N) is 1. The van der Waals surface area contributed by atoms with Gasteiger partial charge in [-0.15, -0.1) is 0 Å². The average Bonchev–Trinajstić information content (AvgIpc) is 2.36. The number of rotatable bonds is 2. The number of benzene rings is 1. The van der Waals surface area contributed by atoms with Crippen molar-refractivity contribution in [1.82, 2.24) is 0 Å². The van der Waals surface area contributed by atoms with Gasteiger partial charge in [-0.3, -0.25) is 9.59 Å². The van der Waals surface area contributed by atoms with E-state index in [1.807, 2.05) is 0 Å². The summed E-state index contributed by atoms with van der Waals surface area (Å²) in [5.74, 6) is -0.744. The zero-order chi connectivity index (χ0) is 14.2. The molecular weight excluding hydrogens is 248 g/mol. The molecule has 1 unspecified atom stereocenters. The molecule has 0 saturated carbocycles. The van der Waals surface area contributed by atoms with Crippen LogP contribution in [-0.4, -0.2) is 36.2 Å². The van der Waals surface area contributed by atoms with Gasteiger partial charge in [-0.2, -0.15) is 0 Å². The number of hydrogen-bond acceptors (Lipinski definition) is 4. The van der Waals surface area contributed by atoms with Gasteiger partial charge >= 0.3 is 5.97 Å². The second kappa shape index (κ2) is 4.55. The molecular formula is C13H16N2O4. The van der Waals surface area contributed by atoms with E-state index in [2.05, 4.69) is 0 Å². The van der Waals surface area contributed by atoms with Crippen molar-refractivity contribution in [1.29, 1.82) is 0 Å². The molecule has 1 aliphatic rings. The van der Waals surface area contributed by atoms with Crippen LogP contribution in [0.3, 0.4) is 0 Å². The highest BCUT2D eigenvalue weighted by atomic mass is 16.5. The van der Waals surface area contributed by atoms with Crippen molar-refractivity contribution in [3.8, 4) is 5.75 Å². The monoisotopic (exact) mass is 264 g/mol. The Hall–Kier alpha value is -2.08. The van der Waals surface area contributed by atoms with E-state index in [4.69, 9.17) is 10.5 Å². The van der Waals surface area contributed by atoms with Crippen molar-refractivity contribution in [2.75, 3.05) is 18.6 Å². The van der Waals surface area contributed by atoms with Crippen molar-refractivity contribution >= 4 is 17.6 Å². The Morgan fingerprint density at radius 3 is 2.68 bits per heavy atom. The Bertz CT molecular complexity index is 543. The lowest BCUT2D eigenvalue weighted by Crippen LogP contribution is -2.61. The number of carboxylic acids is 1. The minimum absolute atomic E-state index is 0.0308. The molecule has 1 heterocycles. The molecule has 1 aliphatic heterocycles. The second-order valence-electron chi connectivity index (χ2n) is 4.74. The summed E-state index contributed by atoms with van der Waals surface area (Å²) in [5, 5.41) is 9.25. The van der Waals surface area contributed by atoms with Gasteiger partial charge in [0.05, 0.1) is 13.7 Å². The van der Waals surface area contributed by atoms with Crippen LogP contribution in [-0.2, 0) is 16.0 Å². The molecule has 1 aromatic carbocycles. The standard InChI is InChI=1S/C13H16N2O4/c1-8(16)15-7-13(14,12(17)18)6-9-5-10(19-2)3-4-11(9)15/h3-5H,6-7,14H2,1-2H3,(H,17,18). The van der Waals surface area contributed by atoms with E-state index in [1.165, 1.54) is 18.9 Å². The lowest BCUT2D eigenvalue weighted by Gasteiger charge is -2.38. The van der Waals surface area contributed by atoms with E-state index >= 15 is 0 Å². The smallest absolute Gasteiger partial charge is 0.325 e.